The highest BCUT2D eigenvalue weighted by Crippen LogP contribution is 2.21. The second-order valence-electron chi connectivity index (χ2n) is 6.42. The zero-order valence-electron chi connectivity index (χ0n) is 14.9. The van der Waals surface area contributed by atoms with Crippen LogP contribution >= 0.6 is 15.9 Å². The number of anilines is 1. The molecule has 1 unspecified atom stereocenters. The molecule has 1 aliphatic rings. The second kappa shape index (κ2) is 8.52. The number of hydrogen-bond donors (Lipinski definition) is 2. The Balaban J connectivity index is 1.65. The lowest BCUT2D eigenvalue weighted by molar-refractivity contribution is 0.102. The average molecular weight is 453 g/mol. The van der Waals surface area contributed by atoms with Crippen LogP contribution in [0.3, 0.4) is 0 Å². The van der Waals surface area contributed by atoms with Gasteiger partial charge in [-0.3, -0.25) is 4.79 Å². The van der Waals surface area contributed by atoms with Gasteiger partial charge >= 0.3 is 0 Å². The van der Waals surface area contributed by atoms with Crippen LogP contribution < -0.4 is 10.0 Å². The molecule has 0 aromatic heterocycles. The van der Waals surface area contributed by atoms with Crippen molar-refractivity contribution in [2.75, 3.05) is 18.5 Å². The van der Waals surface area contributed by atoms with E-state index >= 15 is 0 Å². The van der Waals surface area contributed by atoms with Crippen molar-refractivity contribution in [1.29, 1.82) is 0 Å². The lowest BCUT2D eigenvalue weighted by Crippen LogP contribution is -2.31. The highest BCUT2D eigenvalue weighted by molar-refractivity contribution is 9.10. The molecule has 1 atom stereocenters. The van der Waals surface area contributed by atoms with E-state index in [1.807, 2.05) is 25.1 Å². The molecule has 1 fully saturated rings. The van der Waals surface area contributed by atoms with Crippen molar-refractivity contribution in [2.24, 2.45) is 0 Å². The van der Waals surface area contributed by atoms with E-state index in [1.165, 1.54) is 24.3 Å². The van der Waals surface area contributed by atoms with Gasteiger partial charge in [-0.05, 0) is 67.8 Å². The zero-order valence-corrected chi connectivity index (χ0v) is 17.3. The smallest absolute Gasteiger partial charge is 0.255 e. The molecule has 0 spiro atoms. The molecule has 1 amide bonds. The predicted molar refractivity (Wildman–Crippen MR) is 107 cm³/mol. The summed E-state index contributed by atoms with van der Waals surface area (Å²) < 4.78 is 33.7. The van der Waals surface area contributed by atoms with Gasteiger partial charge in [-0.2, -0.15) is 0 Å². The van der Waals surface area contributed by atoms with Crippen molar-refractivity contribution in [1.82, 2.24) is 4.72 Å². The number of aryl methyl sites for hydroxylation is 1. The molecule has 6 nitrogen and oxygen atoms in total. The topological polar surface area (TPSA) is 84.5 Å². The maximum Gasteiger partial charge on any atom is 0.255 e. The fourth-order valence-electron chi connectivity index (χ4n) is 2.84. The first-order valence-corrected chi connectivity index (χ1v) is 10.9. The van der Waals surface area contributed by atoms with E-state index in [2.05, 4.69) is 26.0 Å². The summed E-state index contributed by atoms with van der Waals surface area (Å²) in [7, 11) is -3.63. The van der Waals surface area contributed by atoms with E-state index in [1.54, 1.807) is 0 Å². The Hall–Kier alpha value is -1.74. The van der Waals surface area contributed by atoms with Crippen LogP contribution in [0.15, 0.2) is 51.8 Å². The van der Waals surface area contributed by atoms with Gasteiger partial charge in [0.1, 0.15) is 0 Å². The fourth-order valence-corrected chi connectivity index (χ4v) is 4.38. The lowest BCUT2D eigenvalue weighted by atomic mass is 10.1. The van der Waals surface area contributed by atoms with Crippen molar-refractivity contribution in [3.05, 3.63) is 58.1 Å². The third kappa shape index (κ3) is 5.16. The van der Waals surface area contributed by atoms with Crippen molar-refractivity contribution in [2.45, 2.75) is 30.8 Å². The Morgan fingerprint density at radius 1 is 1.22 bits per heavy atom. The summed E-state index contributed by atoms with van der Waals surface area (Å²) in [5.74, 6) is -0.295. The van der Waals surface area contributed by atoms with Gasteiger partial charge in [0.2, 0.25) is 10.0 Å². The van der Waals surface area contributed by atoms with Gasteiger partial charge in [-0.25, -0.2) is 13.1 Å². The third-order valence-corrected chi connectivity index (χ3v) is 6.32. The minimum absolute atomic E-state index is 0.0704. The number of sulfonamides is 1. The number of amides is 1. The van der Waals surface area contributed by atoms with Gasteiger partial charge < -0.3 is 10.1 Å². The maximum absolute atomic E-state index is 12.4. The van der Waals surface area contributed by atoms with Crippen molar-refractivity contribution < 1.29 is 17.9 Å². The first-order chi connectivity index (χ1) is 12.8. The van der Waals surface area contributed by atoms with E-state index < -0.39 is 10.0 Å². The predicted octanol–water partition coefficient (Wildman–Crippen LogP) is 3.47. The highest BCUT2D eigenvalue weighted by Gasteiger charge is 2.20. The standard InChI is InChI=1S/C19H21BrN2O4S/c1-13-11-15(20)6-9-18(13)22-19(23)14-4-7-17(8-5-14)27(24,25)21-12-16-3-2-10-26-16/h4-9,11,16,21H,2-3,10,12H2,1H3,(H,22,23). The molecule has 3 rings (SSSR count). The highest BCUT2D eigenvalue weighted by atomic mass is 79.9. The van der Waals surface area contributed by atoms with E-state index in [0.29, 0.717) is 17.9 Å². The summed E-state index contributed by atoms with van der Waals surface area (Å²) in [5, 5.41) is 2.83. The van der Waals surface area contributed by atoms with Crippen LogP contribution in [0.4, 0.5) is 5.69 Å². The molecule has 27 heavy (non-hydrogen) atoms. The molecule has 8 heteroatoms. The molecule has 1 aliphatic heterocycles. The van der Waals surface area contributed by atoms with Gasteiger partial charge in [0, 0.05) is 28.9 Å². The van der Waals surface area contributed by atoms with Crippen LogP contribution in [0, 0.1) is 6.92 Å². The van der Waals surface area contributed by atoms with Crippen LogP contribution in [0.5, 0.6) is 0 Å². The Bertz CT molecular complexity index is 923. The first-order valence-electron chi connectivity index (χ1n) is 8.64. The van der Waals surface area contributed by atoms with E-state index in [-0.39, 0.29) is 23.5 Å². The summed E-state index contributed by atoms with van der Waals surface area (Å²) in [4.78, 5) is 12.5. The average Bonchev–Trinajstić information content (AvgIpc) is 3.16. The molecular formula is C19H21BrN2O4S. The Labute approximate surface area is 167 Å². The van der Waals surface area contributed by atoms with Crippen LogP contribution in [0.25, 0.3) is 0 Å². The minimum atomic E-state index is -3.63. The molecule has 0 saturated carbocycles. The number of halogens is 1. The Morgan fingerprint density at radius 2 is 1.96 bits per heavy atom. The Kier molecular flexibility index (Phi) is 6.31. The molecule has 2 N–H and O–H groups in total. The Morgan fingerprint density at radius 3 is 2.59 bits per heavy atom. The number of carbonyl (C=O) groups excluding carboxylic acids is 1. The molecule has 2 aromatic rings. The second-order valence-corrected chi connectivity index (χ2v) is 9.11. The van der Waals surface area contributed by atoms with Crippen LogP contribution in [0.1, 0.15) is 28.8 Å². The number of nitrogens with one attached hydrogen (secondary N) is 2. The SMILES string of the molecule is Cc1cc(Br)ccc1NC(=O)c1ccc(S(=O)(=O)NCC2CCCO2)cc1. The third-order valence-electron chi connectivity index (χ3n) is 4.39. The van der Waals surface area contributed by atoms with E-state index in [0.717, 1.165) is 22.9 Å². The number of ether oxygens (including phenoxy) is 1. The molecule has 0 aliphatic carbocycles. The summed E-state index contributed by atoms with van der Waals surface area (Å²) >= 11 is 3.38. The maximum atomic E-state index is 12.4. The van der Waals surface area contributed by atoms with Gasteiger partial charge in [0.05, 0.1) is 11.0 Å². The number of hydrogen-bond acceptors (Lipinski definition) is 4. The van der Waals surface area contributed by atoms with Gasteiger partial charge in [-0.1, -0.05) is 15.9 Å². The van der Waals surface area contributed by atoms with E-state index in [9.17, 15) is 13.2 Å². The molecule has 2 aromatic carbocycles. The van der Waals surface area contributed by atoms with Gasteiger partial charge in [-0.15, -0.1) is 0 Å². The van der Waals surface area contributed by atoms with Crippen LogP contribution in [-0.4, -0.2) is 33.6 Å². The first kappa shape index (κ1) is 20.0. The van der Waals surface area contributed by atoms with Crippen molar-refractivity contribution >= 4 is 37.5 Å². The zero-order chi connectivity index (χ0) is 19.4. The molecule has 1 saturated heterocycles. The number of carbonyl (C=O) groups is 1. The fraction of sp³-hybridized carbons (Fsp3) is 0.316. The summed E-state index contributed by atoms with van der Waals surface area (Å²) in [5.41, 5.74) is 2.02. The summed E-state index contributed by atoms with van der Waals surface area (Å²) in [6, 6.07) is 11.4. The van der Waals surface area contributed by atoms with Gasteiger partial charge in [0.25, 0.3) is 5.91 Å². The lowest BCUT2D eigenvalue weighted by Gasteiger charge is -2.12. The minimum Gasteiger partial charge on any atom is -0.377 e. The largest absolute Gasteiger partial charge is 0.377 e. The van der Waals surface area contributed by atoms with Gasteiger partial charge in [0.15, 0.2) is 0 Å². The molecular weight excluding hydrogens is 432 g/mol. The monoisotopic (exact) mass is 452 g/mol. The van der Waals surface area contributed by atoms with Crippen molar-refractivity contribution in [3.63, 3.8) is 0 Å². The molecule has 0 bridgehead atoms. The number of benzene rings is 2. The molecule has 1 heterocycles. The van der Waals surface area contributed by atoms with Crippen LogP contribution in [0.2, 0.25) is 0 Å². The van der Waals surface area contributed by atoms with Crippen molar-refractivity contribution in [3.8, 4) is 0 Å². The summed E-state index contributed by atoms with van der Waals surface area (Å²) in [6.45, 7) is 2.83. The van der Waals surface area contributed by atoms with Crippen LogP contribution in [-0.2, 0) is 14.8 Å². The van der Waals surface area contributed by atoms with E-state index in [4.69, 9.17) is 4.74 Å². The number of rotatable bonds is 6. The normalized spacial score (nSPS) is 17.0. The molecule has 0 radical (unpaired) electrons. The quantitative estimate of drug-likeness (QED) is 0.702. The molecule has 144 valence electrons. The summed E-state index contributed by atoms with van der Waals surface area (Å²) in [6.07, 6.45) is 1.74.